The fraction of sp³-hybridized carbons (Fsp3) is 0.0769. The zero-order valence-corrected chi connectivity index (χ0v) is 12.1. The molecule has 2 aromatic carbocycles. The van der Waals surface area contributed by atoms with Crippen LogP contribution in [0.2, 0.25) is 0 Å². The van der Waals surface area contributed by atoms with Gasteiger partial charge in [0.25, 0.3) is 0 Å². The van der Waals surface area contributed by atoms with Crippen LogP contribution in [0.3, 0.4) is 0 Å². The van der Waals surface area contributed by atoms with Gasteiger partial charge >= 0.3 is 0 Å². The van der Waals surface area contributed by atoms with E-state index >= 15 is 0 Å². The number of hydrogen-bond acceptors (Lipinski definition) is 1. The molecule has 1 nitrogen and oxygen atoms in total. The van der Waals surface area contributed by atoms with Crippen LogP contribution in [0.4, 0.5) is 0 Å². The van der Waals surface area contributed by atoms with Gasteiger partial charge in [-0.2, -0.15) is 0 Å². The van der Waals surface area contributed by atoms with E-state index in [0.29, 0.717) is 0 Å². The smallest absolute Gasteiger partial charge is 0.131 e. The van der Waals surface area contributed by atoms with Crippen LogP contribution in [0, 0.1) is 3.57 Å². The molecule has 0 spiro atoms. The Hall–Kier alpha value is -0.550. The zero-order chi connectivity index (χ0) is 11.1. The molecule has 0 saturated carbocycles. The van der Waals surface area contributed by atoms with Gasteiger partial charge in [-0.15, -0.1) is 0 Å². The van der Waals surface area contributed by atoms with Gasteiger partial charge in [0.15, 0.2) is 0 Å². The molecular weight excluding hydrogens is 379 g/mol. The monoisotopic (exact) mass is 386 g/mol. The van der Waals surface area contributed by atoms with Crippen molar-refractivity contribution < 1.29 is 4.74 Å². The molecule has 0 amide bonds. The number of fused-ring (bicyclic) bond motifs is 2. The van der Waals surface area contributed by atoms with Crippen molar-refractivity contribution in [1.29, 1.82) is 0 Å². The summed E-state index contributed by atoms with van der Waals surface area (Å²) in [5, 5.41) is 0. The molecule has 0 saturated heterocycles. The average Bonchev–Trinajstić information content (AvgIpc) is 2.26. The van der Waals surface area contributed by atoms with Gasteiger partial charge in [0.1, 0.15) is 11.5 Å². The predicted molar refractivity (Wildman–Crippen MR) is 76.2 cm³/mol. The topological polar surface area (TPSA) is 9.23 Å². The minimum atomic E-state index is 0.945. The van der Waals surface area contributed by atoms with Crippen molar-refractivity contribution in [2.75, 3.05) is 0 Å². The molecule has 0 unspecified atom stereocenters. The lowest BCUT2D eigenvalue weighted by Gasteiger charge is -2.20. The van der Waals surface area contributed by atoms with Crippen LogP contribution in [0.15, 0.2) is 40.9 Å². The highest BCUT2D eigenvalue weighted by Crippen LogP contribution is 2.38. The van der Waals surface area contributed by atoms with E-state index in [0.717, 1.165) is 22.4 Å². The summed E-state index contributed by atoms with van der Waals surface area (Å²) in [4.78, 5) is 0. The van der Waals surface area contributed by atoms with Gasteiger partial charge in [-0.05, 0) is 59.0 Å². The van der Waals surface area contributed by atoms with Gasteiger partial charge < -0.3 is 4.74 Å². The summed E-state index contributed by atoms with van der Waals surface area (Å²) in [5.74, 6) is 1.95. The van der Waals surface area contributed by atoms with E-state index in [4.69, 9.17) is 4.74 Å². The molecule has 80 valence electrons. The molecule has 0 radical (unpaired) electrons. The van der Waals surface area contributed by atoms with E-state index < -0.39 is 0 Å². The fourth-order valence-corrected chi connectivity index (χ4v) is 2.86. The second kappa shape index (κ2) is 4.04. The van der Waals surface area contributed by atoms with E-state index in [1.54, 1.807) is 0 Å². The molecule has 16 heavy (non-hydrogen) atoms. The van der Waals surface area contributed by atoms with Crippen molar-refractivity contribution in [3.8, 4) is 11.5 Å². The highest BCUT2D eigenvalue weighted by atomic mass is 127. The predicted octanol–water partition coefficient (Wildman–Crippen LogP) is 4.75. The highest BCUT2D eigenvalue weighted by molar-refractivity contribution is 14.1. The summed E-state index contributed by atoms with van der Waals surface area (Å²) in [6.45, 7) is 0. The lowest BCUT2D eigenvalue weighted by molar-refractivity contribution is 0.460. The number of benzene rings is 2. The van der Waals surface area contributed by atoms with Gasteiger partial charge in [-0.3, -0.25) is 0 Å². The van der Waals surface area contributed by atoms with Gasteiger partial charge in [0.05, 0.1) is 0 Å². The van der Waals surface area contributed by atoms with E-state index in [9.17, 15) is 0 Å². The number of rotatable bonds is 0. The Bertz CT molecular complexity index is 516. The molecule has 2 aromatic rings. The fourth-order valence-electron chi connectivity index (χ4n) is 1.90. The van der Waals surface area contributed by atoms with Crippen molar-refractivity contribution in [1.82, 2.24) is 0 Å². The molecule has 3 rings (SSSR count). The van der Waals surface area contributed by atoms with Gasteiger partial charge in [0, 0.05) is 25.6 Å². The lowest BCUT2D eigenvalue weighted by atomic mass is 10.0. The number of ether oxygens (including phenoxy) is 1. The van der Waals surface area contributed by atoms with Crippen LogP contribution in [0.1, 0.15) is 11.1 Å². The highest BCUT2D eigenvalue weighted by Gasteiger charge is 2.16. The molecule has 0 atom stereocenters. The number of halogens is 2. The van der Waals surface area contributed by atoms with E-state index in [-0.39, 0.29) is 0 Å². The summed E-state index contributed by atoms with van der Waals surface area (Å²) in [5.41, 5.74) is 2.50. The Balaban J connectivity index is 2.10. The van der Waals surface area contributed by atoms with E-state index in [2.05, 4.69) is 56.7 Å². The SMILES string of the molecule is Brc1ccc2c(c1)Cc1cc(I)ccc1O2. The molecule has 0 aliphatic carbocycles. The Morgan fingerprint density at radius 3 is 2.50 bits per heavy atom. The Morgan fingerprint density at radius 1 is 1.00 bits per heavy atom. The van der Waals surface area contributed by atoms with E-state index in [1.165, 1.54) is 14.7 Å². The largest absolute Gasteiger partial charge is 0.457 e. The minimum Gasteiger partial charge on any atom is -0.457 e. The quantitative estimate of drug-likeness (QED) is 0.506. The summed E-state index contributed by atoms with van der Waals surface area (Å²) >= 11 is 5.82. The van der Waals surface area contributed by atoms with Crippen LogP contribution in [-0.2, 0) is 6.42 Å². The van der Waals surface area contributed by atoms with Crippen molar-refractivity contribution in [3.05, 3.63) is 55.6 Å². The maximum atomic E-state index is 5.86. The molecule has 1 aliphatic rings. The van der Waals surface area contributed by atoms with Crippen molar-refractivity contribution in [2.24, 2.45) is 0 Å². The van der Waals surface area contributed by atoms with Crippen molar-refractivity contribution >= 4 is 38.5 Å². The molecule has 0 bridgehead atoms. The van der Waals surface area contributed by atoms with Gasteiger partial charge in [-0.1, -0.05) is 15.9 Å². The summed E-state index contributed by atoms with van der Waals surface area (Å²) in [7, 11) is 0. The standard InChI is InChI=1S/C13H8BrIO/c14-10-1-3-12-8(6-10)5-9-7-11(15)2-4-13(9)16-12/h1-4,6-7H,5H2. The molecule has 3 heteroatoms. The second-order valence-electron chi connectivity index (χ2n) is 3.78. The molecule has 0 N–H and O–H groups in total. The second-order valence-corrected chi connectivity index (χ2v) is 5.94. The Morgan fingerprint density at radius 2 is 1.69 bits per heavy atom. The summed E-state index contributed by atoms with van der Waals surface area (Å²) < 4.78 is 8.21. The van der Waals surface area contributed by atoms with Crippen LogP contribution in [0.25, 0.3) is 0 Å². The normalized spacial score (nSPS) is 12.6. The molecular formula is C13H8BrIO. The van der Waals surface area contributed by atoms with Crippen LogP contribution >= 0.6 is 38.5 Å². The van der Waals surface area contributed by atoms with Crippen molar-refractivity contribution in [2.45, 2.75) is 6.42 Å². The maximum Gasteiger partial charge on any atom is 0.131 e. The minimum absolute atomic E-state index is 0.945. The van der Waals surface area contributed by atoms with Crippen molar-refractivity contribution in [3.63, 3.8) is 0 Å². The molecule has 0 aromatic heterocycles. The average molecular weight is 387 g/mol. The zero-order valence-electron chi connectivity index (χ0n) is 8.34. The lowest BCUT2D eigenvalue weighted by Crippen LogP contribution is -2.03. The molecule has 1 aliphatic heterocycles. The van der Waals surface area contributed by atoms with E-state index in [1.807, 2.05) is 18.2 Å². The summed E-state index contributed by atoms with van der Waals surface area (Å²) in [6, 6.07) is 12.4. The third-order valence-electron chi connectivity index (χ3n) is 2.65. The Labute approximate surface area is 116 Å². The first-order valence-electron chi connectivity index (χ1n) is 4.97. The van der Waals surface area contributed by atoms with Gasteiger partial charge in [0.2, 0.25) is 0 Å². The van der Waals surface area contributed by atoms with Gasteiger partial charge in [-0.25, -0.2) is 0 Å². The first-order chi connectivity index (χ1) is 7.72. The maximum absolute atomic E-state index is 5.86. The molecule has 0 fully saturated rings. The van der Waals surface area contributed by atoms with Crippen LogP contribution in [-0.4, -0.2) is 0 Å². The number of hydrogen-bond donors (Lipinski definition) is 0. The van der Waals surface area contributed by atoms with Crippen LogP contribution < -0.4 is 4.74 Å². The third-order valence-corrected chi connectivity index (χ3v) is 3.81. The first kappa shape index (κ1) is 10.6. The first-order valence-corrected chi connectivity index (χ1v) is 6.84. The third kappa shape index (κ3) is 1.86. The Kier molecular flexibility index (Phi) is 2.67. The van der Waals surface area contributed by atoms with Crippen LogP contribution in [0.5, 0.6) is 11.5 Å². The summed E-state index contributed by atoms with van der Waals surface area (Å²) in [6.07, 6.45) is 0.945. The molecule has 1 heterocycles.